The zero-order chi connectivity index (χ0) is 12.2. The summed E-state index contributed by atoms with van der Waals surface area (Å²) in [5, 5.41) is 2.68. The summed E-state index contributed by atoms with van der Waals surface area (Å²) in [5.41, 5.74) is -0.0377. The average Bonchev–Trinajstić information content (AvgIpc) is 2.16. The van der Waals surface area contributed by atoms with Crippen molar-refractivity contribution in [3.8, 4) is 5.88 Å². The second-order valence-corrected chi connectivity index (χ2v) is 4.73. The van der Waals surface area contributed by atoms with Crippen LogP contribution in [0.5, 0.6) is 5.88 Å². The Labute approximate surface area is 95.3 Å². The maximum absolute atomic E-state index is 11.6. The summed E-state index contributed by atoms with van der Waals surface area (Å²) in [6.07, 6.45) is 3.38. The van der Waals surface area contributed by atoms with Gasteiger partial charge < -0.3 is 10.1 Å². The molecule has 1 aromatic rings. The first-order chi connectivity index (χ1) is 7.40. The van der Waals surface area contributed by atoms with E-state index in [2.05, 4.69) is 15.3 Å². The lowest BCUT2D eigenvalue weighted by Gasteiger charge is -2.16. The number of rotatable bonds is 3. The van der Waals surface area contributed by atoms with Crippen LogP contribution in [-0.2, 0) is 4.79 Å². The number of amides is 1. The van der Waals surface area contributed by atoms with Crippen LogP contribution in [0.25, 0.3) is 0 Å². The highest BCUT2D eigenvalue weighted by atomic mass is 16.5. The molecule has 0 saturated carbocycles. The Hall–Kier alpha value is -1.65. The van der Waals surface area contributed by atoms with E-state index in [1.807, 2.05) is 20.8 Å². The molecule has 1 aromatic heterocycles. The van der Waals surface area contributed by atoms with Crippen LogP contribution in [0.4, 0.5) is 5.82 Å². The van der Waals surface area contributed by atoms with Gasteiger partial charge in [0.25, 0.3) is 0 Å². The molecule has 0 fully saturated rings. The van der Waals surface area contributed by atoms with Crippen LogP contribution in [0.2, 0.25) is 0 Å². The molecule has 1 N–H and O–H groups in total. The van der Waals surface area contributed by atoms with E-state index in [-0.39, 0.29) is 11.3 Å². The molecule has 0 aliphatic carbocycles. The molecule has 88 valence electrons. The second-order valence-electron chi connectivity index (χ2n) is 4.73. The number of carbonyl (C=O) groups excluding carboxylic acids is 1. The van der Waals surface area contributed by atoms with Crippen LogP contribution < -0.4 is 10.1 Å². The van der Waals surface area contributed by atoms with Crippen LogP contribution in [0.3, 0.4) is 0 Å². The highest BCUT2D eigenvalue weighted by Gasteiger charge is 2.16. The minimum Gasteiger partial charge on any atom is -0.480 e. The van der Waals surface area contributed by atoms with Gasteiger partial charge in [-0.05, 0) is 5.41 Å². The third-order valence-electron chi connectivity index (χ3n) is 1.80. The average molecular weight is 223 g/mol. The van der Waals surface area contributed by atoms with Gasteiger partial charge >= 0.3 is 0 Å². The van der Waals surface area contributed by atoms with E-state index >= 15 is 0 Å². The maximum Gasteiger partial charge on any atom is 0.232 e. The first-order valence-electron chi connectivity index (χ1n) is 5.06. The Morgan fingerprint density at radius 3 is 2.50 bits per heavy atom. The van der Waals surface area contributed by atoms with Crippen molar-refractivity contribution >= 4 is 11.7 Å². The quantitative estimate of drug-likeness (QED) is 0.849. The van der Waals surface area contributed by atoms with Gasteiger partial charge in [-0.2, -0.15) is 0 Å². The molecule has 0 radical (unpaired) electrons. The van der Waals surface area contributed by atoms with E-state index in [4.69, 9.17) is 4.74 Å². The molecule has 0 bridgehead atoms. The van der Waals surface area contributed by atoms with Gasteiger partial charge in [-0.1, -0.05) is 20.8 Å². The summed E-state index contributed by atoms with van der Waals surface area (Å²) in [7, 11) is 1.52. The largest absolute Gasteiger partial charge is 0.480 e. The number of hydrogen-bond donors (Lipinski definition) is 1. The molecule has 1 amide bonds. The Morgan fingerprint density at radius 1 is 1.38 bits per heavy atom. The SMILES string of the molecule is COc1cnc(NC(=O)CC(C)(C)C)cn1. The van der Waals surface area contributed by atoms with Crippen molar-refractivity contribution in [2.45, 2.75) is 27.2 Å². The van der Waals surface area contributed by atoms with Crippen molar-refractivity contribution in [3.05, 3.63) is 12.4 Å². The van der Waals surface area contributed by atoms with Gasteiger partial charge in [-0.15, -0.1) is 0 Å². The molecule has 0 saturated heterocycles. The van der Waals surface area contributed by atoms with Crippen molar-refractivity contribution in [3.63, 3.8) is 0 Å². The maximum atomic E-state index is 11.6. The highest BCUT2D eigenvalue weighted by molar-refractivity contribution is 5.89. The van der Waals surface area contributed by atoms with Crippen LogP contribution >= 0.6 is 0 Å². The van der Waals surface area contributed by atoms with Crippen molar-refractivity contribution in [1.29, 1.82) is 0 Å². The number of carbonyl (C=O) groups is 1. The zero-order valence-electron chi connectivity index (χ0n) is 10.1. The molecule has 0 aromatic carbocycles. The fourth-order valence-electron chi connectivity index (χ4n) is 1.15. The molecule has 1 heterocycles. The standard InChI is InChI=1S/C11H17N3O2/c1-11(2,3)5-9(15)14-8-6-13-10(16-4)7-12-8/h6-7H,5H2,1-4H3,(H,12,14,15). The fraction of sp³-hybridized carbons (Fsp3) is 0.545. The number of anilines is 1. The van der Waals surface area contributed by atoms with Crippen molar-refractivity contribution in [1.82, 2.24) is 9.97 Å². The summed E-state index contributed by atoms with van der Waals surface area (Å²) < 4.78 is 4.87. The Kier molecular flexibility index (Phi) is 3.82. The Bertz CT molecular complexity index is 354. The van der Waals surface area contributed by atoms with E-state index in [0.29, 0.717) is 18.1 Å². The summed E-state index contributed by atoms with van der Waals surface area (Å²) in [4.78, 5) is 19.5. The van der Waals surface area contributed by atoms with Crippen LogP contribution in [0.15, 0.2) is 12.4 Å². The van der Waals surface area contributed by atoms with Gasteiger partial charge in [0.05, 0.1) is 19.5 Å². The predicted molar refractivity (Wildman–Crippen MR) is 61.3 cm³/mol. The van der Waals surface area contributed by atoms with Crippen molar-refractivity contribution < 1.29 is 9.53 Å². The normalized spacial score (nSPS) is 11.0. The van der Waals surface area contributed by atoms with Gasteiger partial charge in [-0.25, -0.2) is 9.97 Å². The molecule has 16 heavy (non-hydrogen) atoms. The van der Waals surface area contributed by atoms with Crippen LogP contribution in [0.1, 0.15) is 27.2 Å². The minimum absolute atomic E-state index is 0.0377. The lowest BCUT2D eigenvalue weighted by Crippen LogP contribution is -2.20. The van der Waals surface area contributed by atoms with Crippen molar-refractivity contribution in [2.24, 2.45) is 5.41 Å². The first-order valence-corrected chi connectivity index (χ1v) is 5.06. The molecule has 5 heteroatoms. The van der Waals surface area contributed by atoms with Crippen LogP contribution in [0, 0.1) is 5.41 Å². The lowest BCUT2D eigenvalue weighted by atomic mass is 9.92. The Morgan fingerprint density at radius 2 is 2.06 bits per heavy atom. The molecule has 1 rings (SSSR count). The predicted octanol–water partition coefficient (Wildman–Crippen LogP) is 1.86. The summed E-state index contributed by atoms with van der Waals surface area (Å²) >= 11 is 0. The summed E-state index contributed by atoms with van der Waals surface area (Å²) in [5.74, 6) is 0.802. The summed E-state index contributed by atoms with van der Waals surface area (Å²) in [6, 6.07) is 0. The molecule has 0 aliphatic rings. The number of nitrogens with one attached hydrogen (secondary N) is 1. The van der Waals surface area contributed by atoms with E-state index in [0.717, 1.165) is 0 Å². The third kappa shape index (κ3) is 4.25. The molecule has 0 spiro atoms. The molecular formula is C11H17N3O2. The monoisotopic (exact) mass is 223 g/mol. The van der Waals surface area contributed by atoms with E-state index < -0.39 is 0 Å². The van der Waals surface area contributed by atoms with Gasteiger partial charge in [0.2, 0.25) is 11.8 Å². The molecule has 0 unspecified atom stereocenters. The second kappa shape index (κ2) is 4.92. The molecular weight excluding hydrogens is 206 g/mol. The molecule has 0 atom stereocenters. The van der Waals surface area contributed by atoms with E-state index in [1.165, 1.54) is 19.5 Å². The number of ether oxygens (including phenoxy) is 1. The van der Waals surface area contributed by atoms with Crippen LogP contribution in [-0.4, -0.2) is 23.0 Å². The lowest BCUT2D eigenvalue weighted by molar-refractivity contribution is -0.117. The van der Waals surface area contributed by atoms with E-state index in [9.17, 15) is 4.79 Å². The number of aromatic nitrogens is 2. The topological polar surface area (TPSA) is 64.1 Å². The van der Waals surface area contributed by atoms with E-state index in [1.54, 1.807) is 0 Å². The summed E-state index contributed by atoms with van der Waals surface area (Å²) in [6.45, 7) is 6.02. The zero-order valence-corrected chi connectivity index (χ0v) is 10.1. The number of hydrogen-bond acceptors (Lipinski definition) is 4. The fourth-order valence-corrected chi connectivity index (χ4v) is 1.15. The minimum atomic E-state index is -0.0630. The number of nitrogens with zero attached hydrogens (tertiary/aromatic N) is 2. The van der Waals surface area contributed by atoms with Crippen molar-refractivity contribution in [2.75, 3.05) is 12.4 Å². The smallest absolute Gasteiger partial charge is 0.232 e. The van der Waals surface area contributed by atoms with Gasteiger partial charge in [0.15, 0.2) is 5.82 Å². The Balaban J connectivity index is 2.56. The highest BCUT2D eigenvalue weighted by Crippen LogP contribution is 2.19. The number of methoxy groups -OCH3 is 1. The molecule has 5 nitrogen and oxygen atoms in total. The van der Waals surface area contributed by atoms with Gasteiger partial charge in [0.1, 0.15) is 0 Å². The third-order valence-corrected chi connectivity index (χ3v) is 1.80. The molecule has 0 aliphatic heterocycles. The first kappa shape index (κ1) is 12.4. The van der Waals surface area contributed by atoms with Gasteiger partial charge in [0, 0.05) is 6.42 Å². The van der Waals surface area contributed by atoms with Gasteiger partial charge in [-0.3, -0.25) is 4.79 Å².